The van der Waals surface area contributed by atoms with Gasteiger partial charge in [-0.1, -0.05) is 0 Å². The molecule has 0 radical (unpaired) electrons. The Balaban J connectivity index is 2.40. The van der Waals surface area contributed by atoms with E-state index in [0.717, 1.165) is 0 Å². The summed E-state index contributed by atoms with van der Waals surface area (Å²) >= 11 is 0. The largest absolute Gasteiger partial charge is 0.546 e. The monoisotopic (exact) mass is 253 g/mol. The third-order valence-corrected chi connectivity index (χ3v) is 1.84. The Labute approximate surface area is 104 Å². The topological polar surface area (TPSA) is 84.9 Å². The number of ether oxygens (including phenoxy) is 3. The first-order chi connectivity index (χ1) is 8.61. The highest BCUT2D eigenvalue weighted by Crippen LogP contribution is 2.17. The molecule has 1 rings (SSSR count). The maximum absolute atomic E-state index is 11.0. The highest BCUT2D eigenvalue weighted by atomic mass is 16.6. The lowest BCUT2D eigenvalue weighted by Gasteiger charge is -2.08. The molecule has 0 aliphatic carbocycles. The Morgan fingerprint density at radius 1 is 1.06 bits per heavy atom. The molecule has 0 bridgehead atoms. The fourth-order valence-corrected chi connectivity index (χ4v) is 1.12. The van der Waals surface area contributed by atoms with Crippen LogP contribution in [0.4, 0.5) is 0 Å². The molecular formula is C12H13O6-. The molecule has 1 aromatic rings. The zero-order valence-electron chi connectivity index (χ0n) is 9.88. The zero-order chi connectivity index (χ0) is 13.4. The molecule has 0 aliphatic heterocycles. The van der Waals surface area contributed by atoms with Crippen molar-refractivity contribution in [2.45, 2.75) is 6.92 Å². The van der Waals surface area contributed by atoms with Crippen LogP contribution in [0.2, 0.25) is 0 Å². The summed E-state index contributed by atoms with van der Waals surface area (Å²) in [5.74, 6) is -0.904. The van der Waals surface area contributed by atoms with E-state index in [2.05, 4.69) is 0 Å². The lowest BCUT2D eigenvalue weighted by Crippen LogP contribution is -2.28. The Kier molecular flexibility index (Phi) is 5.50. The summed E-state index contributed by atoms with van der Waals surface area (Å²) in [6, 6.07) is 6.18. The first-order valence-electron chi connectivity index (χ1n) is 5.33. The minimum absolute atomic E-state index is 0.174. The molecule has 0 heterocycles. The molecule has 0 N–H and O–H groups in total. The number of hydrogen-bond acceptors (Lipinski definition) is 6. The molecule has 0 spiro atoms. The second kappa shape index (κ2) is 7.16. The van der Waals surface area contributed by atoms with E-state index < -0.39 is 18.5 Å². The van der Waals surface area contributed by atoms with Crippen LogP contribution in [0.5, 0.6) is 11.5 Å². The highest BCUT2D eigenvalue weighted by Gasteiger charge is 2.03. The van der Waals surface area contributed by atoms with Gasteiger partial charge in [-0.3, -0.25) is 0 Å². The molecule has 0 atom stereocenters. The normalized spacial score (nSPS) is 9.61. The summed E-state index contributed by atoms with van der Waals surface area (Å²) in [6.45, 7) is 1.33. The van der Waals surface area contributed by atoms with Crippen molar-refractivity contribution < 1.29 is 28.9 Å². The standard InChI is InChI=1S/C12H14O6/c1-2-16-12(15)8-18-10-5-3-9(4-6-10)17-7-11(13)14/h3-6H,2,7-8H2,1H3,(H,13,14)/p-1. The van der Waals surface area contributed by atoms with E-state index in [1.807, 2.05) is 0 Å². The van der Waals surface area contributed by atoms with Crippen molar-refractivity contribution in [3.63, 3.8) is 0 Å². The van der Waals surface area contributed by atoms with Gasteiger partial charge in [0.1, 0.15) is 18.1 Å². The van der Waals surface area contributed by atoms with Crippen molar-refractivity contribution in [3.05, 3.63) is 24.3 Å². The number of benzene rings is 1. The second-order valence-electron chi connectivity index (χ2n) is 3.23. The van der Waals surface area contributed by atoms with Crippen LogP contribution in [-0.2, 0) is 14.3 Å². The van der Waals surface area contributed by atoms with Gasteiger partial charge in [0, 0.05) is 0 Å². The molecule has 0 saturated carbocycles. The fraction of sp³-hybridized carbons (Fsp3) is 0.333. The van der Waals surface area contributed by atoms with E-state index in [4.69, 9.17) is 14.2 Å². The summed E-state index contributed by atoms with van der Waals surface area (Å²) in [7, 11) is 0. The number of esters is 1. The van der Waals surface area contributed by atoms with Crippen LogP contribution in [0, 0.1) is 0 Å². The third kappa shape index (κ3) is 5.20. The van der Waals surface area contributed by atoms with Crippen molar-refractivity contribution in [2.75, 3.05) is 19.8 Å². The Morgan fingerprint density at radius 2 is 1.56 bits per heavy atom. The van der Waals surface area contributed by atoms with Crippen LogP contribution in [0.1, 0.15) is 6.92 Å². The van der Waals surface area contributed by atoms with Crippen molar-refractivity contribution >= 4 is 11.9 Å². The summed E-state index contributed by atoms with van der Waals surface area (Å²) in [6.07, 6.45) is 0. The average Bonchev–Trinajstić information content (AvgIpc) is 2.35. The third-order valence-electron chi connectivity index (χ3n) is 1.84. The number of carboxylic acid groups (broad SMARTS) is 1. The summed E-state index contributed by atoms with van der Waals surface area (Å²) in [5.41, 5.74) is 0. The van der Waals surface area contributed by atoms with Gasteiger partial charge in [-0.2, -0.15) is 0 Å². The van der Waals surface area contributed by atoms with E-state index in [-0.39, 0.29) is 6.61 Å². The van der Waals surface area contributed by atoms with E-state index in [1.54, 1.807) is 19.1 Å². The molecule has 0 saturated heterocycles. The number of hydrogen-bond donors (Lipinski definition) is 0. The van der Waals surface area contributed by atoms with Gasteiger partial charge < -0.3 is 24.1 Å². The molecule has 98 valence electrons. The van der Waals surface area contributed by atoms with E-state index >= 15 is 0 Å². The van der Waals surface area contributed by atoms with Gasteiger partial charge >= 0.3 is 5.97 Å². The van der Waals surface area contributed by atoms with Crippen molar-refractivity contribution in [3.8, 4) is 11.5 Å². The molecule has 0 aromatic heterocycles. The molecule has 0 aliphatic rings. The van der Waals surface area contributed by atoms with Crippen LogP contribution in [0.15, 0.2) is 24.3 Å². The number of aliphatic carboxylic acids is 1. The van der Waals surface area contributed by atoms with E-state index in [9.17, 15) is 14.7 Å². The predicted octanol–water partition coefficient (Wildman–Crippen LogP) is -0.243. The molecule has 0 unspecified atom stereocenters. The first-order valence-corrected chi connectivity index (χ1v) is 5.33. The quantitative estimate of drug-likeness (QED) is 0.623. The Hall–Kier alpha value is -2.24. The molecule has 6 heteroatoms. The predicted molar refractivity (Wildman–Crippen MR) is 59.1 cm³/mol. The molecule has 0 fully saturated rings. The van der Waals surface area contributed by atoms with Gasteiger partial charge in [-0.05, 0) is 31.2 Å². The molecular weight excluding hydrogens is 240 g/mol. The number of carbonyl (C=O) groups is 2. The van der Waals surface area contributed by atoms with Gasteiger partial charge in [0.25, 0.3) is 0 Å². The summed E-state index contributed by atoms with van der Waals surface area (Å²) < 4.78 is 14.7. The van der Waals surface area contributed by atoms with Crippen LogP contribution in [0.3, 0.4) is 0 Å². The van der Waals surface area contributed by atoms with Crippen molar-refractivity contribution in [1.29, 1.82) is 0 Å². The van der Waals surface area contributed by atoms with E-state index in [0.29, 0.717) is 18.1 Å². The van der Waals surface area contributed by atoms with Gasteiger partial charge in [0.15, 0.2) is 6.61 Å². The minimum atomic E-state index is -1.29. The average molecular weight is 253 g/mol. The number of carbonyl (C=O) groups excluding carboxylic acids is 2. The van der Waals surface area contributed by atoms with Crippen LogP contribution in [-0.4, -0.2) is 31.8 Å². The molecule has 6 nitrogen and oxygen atoms in total. The first kappa shape index (κ1) is 13.8. The molecule has 0 amide bonds. The SMILES string of the molecule is CCOC(=O)COc1ccc(OCC(=O)[O-])cc1. The van der Waals surface area contributed by atoms with Crippen LogP contribution < -0.4 is 14.6 Å². The Morgan fingerprint density at radius 3 is 2.00 bits per heavy atom. The van der Waals surface area contributed by atoms with Gasteiger partial charge in [-0.15, -0.1) is 0 Å². The maximum Gasteiger partial charge on any atom is 0.344 e. The Bertz CT molecular complexity index is 398. The second-order valence-corrected chi connectivity index (χ2v) is 3.23. The summed E-state index contributed by atoms with van der Waals surface area (Å²) in [4.78, 5) is 21.2. The summed E-state index contributed by atoms with van der Waals surface area (Å²) in [5, 5.41) is 10.2. The van der Waals surface area contributed by atoms with Crippen LogP contribution >= 0.6 is 0 Å². The lowest BCUT2D eigenvalue weighted by molar-refractivity contribution is -0.307. The smallest absolute Gasteiger partial charge is 0.344 e. The lowest BCUT2D eigenvalue weighted by atomic mass is 10.3. The molecule has 1 aromatic carbocycles. The maximum atomic E-state index is 11.0. The molecule has 18 heavy (non-hydrogen) atoms. The van der Waals surface area contributed by atoms with Gasteiger partial charge in [0.05, 0.1) is 12.6 Å². The minimum Gasteiger partial charge on any atom is -0.546 e. The van der Waals surface area contributed by atoms with E-state index in [1.165, 1.54) is 12.1 Å². The van der Waals surface area contributed by atoms with Crippen LogP contribution in [0.25, 0.3) is 0 Å². The van der Waals surface area contributed by atoms with Gasteiger partial charge in [0.2, 0.25) is 0 Å². The highest BCUT2D eigenvalue weighted by molar-refractivity contribution is 5.71. The number of carboxylic acids is 1. The van der Waals surface area contributed by atoms with Gasteiger partial charge in [-0.25, -0.2) is 4.79 Å². The number of rotatable bonds is 7. The van der Waals surface area contributed by atoms with Crippen molar-refractivity contribution in [1.82, 2.24) is 0 Å². The van der Waals surface area contributed by atoms with Crippen molar-refractivity contribution in [2.24, 2.45) is 0 Å². The zero-order valence-corrected chi connectivity index (χ0v) is 9.88. The fourth-order valence-electron chi connectivity index (χ4n) is 1.12.